The maximum Gasteiger partial charge on any atom is 0.240 e. The van der Waals surface area contributed by atoms with Crippen LogP contribution in [0.4, 0.5) is 4.39 Å². The maximum atomic E-state index is 13.5. The van der Waals surface area contributed by atoms with Crippen molar-refractivity contribution in [2.24, 2.45) is 0 Å². The highest BCUT2D eigenvalue weighted by Crippen LogP contribution is 2.26. The summed E-state index contributed by atoms with van der Waals surface area (Å²) in [5, 5.41) is 0.695. The number of carbonyl (C=O) groups excluding carboxylic acids is 1. The zero-order valence-electron chi connectivity index (χ0n) is 17.6. The van der Waals surface area contributed by atoms with Gasteiger partial charge in [0, 0.05) is 36.7 Å². The van der Waals surface area contributed by atoms with Crippen LogP contribution in [-0.2, 0) is 4.79 Å². The second-order valence-corrected chi connectivity index (χ2v) is 8.85. The highest BCUT2D eigenvalue weighted by molar-refractivity contribution is 6.30. The third kappa shape index (κ3) is 5.61. The van der Waals surface area contributed by atoms with Crippen LogP contribution in [0.15, 0.2) is 48.5 Å². The third-order valence-electron chi connectivity index (χ3n) is 6.11. The summed E-state index contributed by atoms with van der Waals surface area (Å²) in [4.78, 5) is 14.6. The summed E-state index contributed by atoms with van der Waals surface area (Å²) < 4.78 is 13.5. The Bertz CT molecular complexity index is 913. The number of amides is 1. The summed E-state index contributed by atoms with van der Waals surface area (Å²) in [6.07, 6.45) is 3.43. The summed E-state index contributed by atoms with van der Waals surface area (Å²) in [7, 11) is 1.85. The van der Waals surface area contributed by atoms with Gasteiger partial charge >= 0.3 is 0 Å². The molecule has 8 heteroatoms. The number of rotatable bonds is 7. The quantitative estimate of drug-likeness (QED) is 0.527. The Morgan fingerprint density at radius 1 is 1.03 bits per heavy atom. The van der Waals surface area contributed by atoms with Crippen molar-refractivity contribution in [2.75, 3.05) is 13.6 Å². The Hall–Kier alpha value is -2.03. The van der Waals surface area contributed by atoms with Gasteiger partial charge in [0.2, 0.25) is 5.91 Å². The Morgan fingerprint density at radius 3 is 2.52 bits per heavy atom. The molecule has 2 fully saturated rings. The Balaban J connectivity index is 1.20. The maximum absolute atomic E-state index is 13.5. The van der Waals surface area contributed by atoms with E-state index in [1.54, 1.807) is 17.0 Å². The standard InChI is InChI=1S/C23H29ClFN5O/c1-30(23(31)22-14-21(28-29-22)15-5-2-7-17(24)11-15)10-4-9-19-13-20(27-26-19)16-6-3-8-18(25)12-16/h2-3,5-8,11-12,19-22,26-29H,4,9-10,13-14H2,1H3. The van der Waals surface area contributed by atoms with Crippen LogP contribution in [0, 0.1) is 5.82 Å². The summed E-state index contributed by atoms with van der Waals surface area (Å²) in [6.45, 7) is 0.696. The van der Waals surface area contributed by atoms with E-state index in [-0.39, 0.29) is 29.8 Å². The van der Waals surface area contributed by atoms with E-state index in [1.807, 2.05) is 37.4 Å². The Morgan fingerprint density at radius 2 is 1.74 bits per heavy atom. The molecule has 2 aromatic rings. The van der Waals surface area contributed by atoms with Crippen LogP contribution >= 0.6 is 11.6 Å². The normalized spacial score (nSPS) is 25.6. The van der Waals surface area contributed by atoms with Crippen molar-refractivity contribution in [1.82, 2.24) is 26.6 Å². The van der Waals surface area contributed by atoms with Crippen LogP contribution in [0.3, 0.4) is 0 Å². The summed E-state index contributed by atoms with van der Waals surface area (Å²) >= 11 is 6.08. The van der Waals surface area contributed by atoms with Crippen molar-refractivity contribution in [1.29, 1.82) is 0 Å². The number of likely N-dealkylation sites (N-methyl/N-ethyl adjacent to an activating group) is 1. The third-order valence-corrected chi connectivity index (χ3v) is 6.34. The van der Waals surface area contributed by atoms with E-state index in [4.69, 9.17) is 11.6 Å². The van der Waals surface area contributed by atoms with Gasteiger partial charge in [-0.15, -0.1) is 0 Å². The highest BCUT2D eigenvalue weighted by atomic mass is 35.5. The molecule has 0 aromatic heterocycles. The van der Waals surface area contributed by atoms with Crippen LogP contribution < -0.4 is 21.7 Å². The molecule has 0 aliphatic carbocycles. The van der Waals surface area contributed by atoms with Gasteiger partial charge in [0.05, 0.1) is 0 Å². The largest absolute Gasteiger partial charge is 0.344 e. The molecule has 0 spiro atoms. The van der Waals surface area contributed by atoms with E-state index in [0.717, 1.165) is 30.4 Å². The molecule has 2 saturated heterocycles. The molecule has 2 aliphatic rings. The van der Waals surface area contributed by atoms with Gasteiger partial charge in [0.25, 0.3) is 0 Å². The van der Waals surface area contributed by atoms with Gasteiger partial charge in [-0.05, 0) is 61.1 Å². The number of hydrogen-bond acceptors (Lipinski definition) is 5. The fourth-order valence-corrected chi connectivity index (χ4v) is 4.56. The number of hydrogen-bond donors (Lipinski definition) is 4. The van der Waals surface area contributed by atoms with E-state index in [9.17, 15) is 9.18 Å². The average Bonchev–Trinajstić information content (AvgIpc) is 3.43. The molecule has 31 heavy (non-hydrogen) atoms. The lowest BCUT2D eigenvalue weighted by molar-refractivity contribution is -0.131. The van der Waals surface area contributed by atoms with Crippen LogP contribution in [0.1, 0.15) is 48.9 Å². The minimum absolute atomic E-state index is 0.0644. The molecular weight excluding hydrogens is 417 g/mol. The predicted molar refractivity (Wildman–Crippen MR) is 120 cm³/mol. The first-order chi connectivity index (χ1) is 15.0. The molecule has 4 unspecified atom stereocenters. The van der Waals surface area contributed by atoms with Crippen molar-refractivity contribution < 1.29 is 9.18 Å². The summed E-state index contributed by atoms with van der Waals surface area (Å²) in [5.41, 5.74) is 14.9. The van der Waals surface area contributed by atoms with E-state index in [2.05, 4.69) is 21.7 Å². The average molecular weight is 446 g/mol. The van der Waals surface area contributed by atoms with Gasteiger partial charge in [-0.25, -0.2) is 15.2 Å². The topological polar surface area (TPSA) is 68.4 Å². The first-order valence-corrected chi connectivity index (χ1v) is 11.2. The number of halogens is 2. The molecule has 2 heterocycles. The smallest absolute Gasteiger partial charge is 0.240 e. The lowest BCUT2D eigenvalue weighted by Gasteiger charge is -2.21. The molecule has 0 saturated carbocycles. The van der Waals surface area contributed by atoms with Gasteiger partial charge in [-0.2, -0.15) is 0 Å². The number of nitrogens with zero attached hydrogens (tertiary/aromatic N) is 1. The van der Waals surface area contributed by atoms with Gasteiger partial charge in [0.1, 0.15) is 11.9 Å². The van der Waals surface area contributed by atoms with Gasteiger partial charge < -0.3 is 4.90 Å². The first kappa shape index (κ1) is 22.2. The molecule has 0 radical (unpaired) electrons. The van der Waals surface area contributed by atoms with Crippen molar-refractivity contribution >= 4 is 17.5 Å². The Kier molecular flexibility index (Phi) is 7.20. The van der Waals surface area contributed by atoms with E-state index >= 15 is 0 Å². The molecule has 4 atom stereocenters. The van der Waals surface area contributed by atoms with Gasteiger partial charge in [-0.3, -0.25) is 15.6 Å². The van der Waals surface area contributed by atoms with Crippen LogP contribution in [0.5, 0.6) is 0 Å². The van der Waals surface area contributed by atoms with E-state index < -0.39 is 0 Å². The number of benzene rings is 2. The van der Waals surface area contributed by atoms with Crippen molar-refractivity contribution in [2.45, 2.75) is 49.9 Å². The molecule has 1 amide bonds. The monoisotopic (exact) mass is 445 g/mol. The van der Waals surface area contributed by atoms with Crippen molar-refractivity contribution in [3.63, 3.8) is 0 Å². The summed E-state index contributed by atoms with van der Waals surface area (Å²) in [5.74, 6) is -0.123. The van der Waals surface area contributed by atoms with Gasteiger partial charge in [0.15, 0.2) is 0 Å². The number of hydrazine groups is 2. The van der Waals surface area contributed by atoms with Crippen molar-refractivity contribution in [3.8, 4) is 0 Å². The zero-order valence-corrected chi connectivity index (χ0v) is 18.3. The van der Waals surface area contributed by atoms with Crippen LogP contribution in [0.25, 0.3) is 0 Å². The zero-order chi connectivity index (χ0) is 21.8. The molecule has 4 N–H and O–H groups in total. The number of carbonyl (C=O) groups is 1. The fraction of sp³-hybridized carbons (Fsp3) is 0.435. The van der Waals surface area contributed by atoms with Crippen LogP contribution in [0.2, 0.25) is 5.02 Å². The van der Waals surface area contributed by atoms with Crippen molar-refractivity contribution in [3.05, 3.63) is 70.5 Å². The molecule has 2 aliphatic heterocycles. The summed E-state index contributed by atoms with van der Waals surface area (Å²) in [6, 6.07) is 14.7. The minimum Gasteiger partial charge on any atom is -0.344 e. The lowest BCUT2D eigenvalue weighted by atomic mass is 9.99. The molecule has 2 aromatic carbocycles. The molecular formula is C23H29ClFN5O. The predicted octanol–water partition coefficient (Wildman–Crippen LogP) is 3.23. The minimum atomic E-state index is -0.252. The highest BCUT2D eigenvalue weighted by Gasteiger charge is 2.32. The Labute approximate surface area is 187 Å². The molecule has 0 bridgehead atoms. The molecule has 4 rings (SSSR count). The first-order valence-electron chi connectivity index (χ1n) is 10.8. The fourth-order valence-electron chi connectivity index (χ4n) is 4.36. The molecule has 166 valence electrons. The van der Waals surface area contributed by atoms with E-state index in [1.165, 1.54) is 6.07 Å². The van der Waals surface area contributed by atoms with E-state index in [0.29, 0.717) is 24.0 Å². The van der Waals surface area contributed by atoms with Crippen LogP contribution in [-0.4, -0.2) is 36.5 Å². The lowest BCUT2D eigenvalue weighted by Crippen LogP contribution is -2.44. The second-order valence-electron chi connectivity index (χ2n) is 8.42. The van der Waals surface area contributed by atoms with Gasteiger partial charge in [-0.1, -0.05) is 35.9 Å². The number of nitrogens with one attached hydrogen (secondary N) is 4. The SMILES string of the molecule is CN(CCCC1CC(c2cccc(F)c2)NN1)C(=O)C1CC(c2cccc(Cl)c2)NN1. The molecule has 6 nitrogen and oxygen atoms in total. The second kappa shape index (κ2) is 10.1.